The van der Waals surface area contributed by atoms with Crippen molar-refractivity contribution in [3.63, 3.8) is 0 Å². The summed E-state index contributed by atoms with van der Waals surface area (Å²) >= 11 is 0. The van der Waals surface area contributed by atoms with Crippen LogP contribution in [0.25, 0.3) is 0 Å². The molecular weight excluding hydrogens is 216 g/mol. The summed E-state index contributed by atoms with van der Waals surface area (Å²) in [4.78, 5) is 16.0. The Balaban J connectivity index is 2.20. The standard InChI is InChI=1S/C12H26N4O/c1-10(2)11(12(13)17)14-4-5-16-8-6-15(3)7-9-16/h10-11,14H,4-9H2,1-3H3,(H2,13,17). The number of primary amides is 1. The summed E-state index contributed by atoms with van der Waals surface area (Å²) in [6, 6.07) is -0.206. The van der Waals surface area contributed by atoms with E-state index in [1.54, 1.807) is 0 Å². The molecule has 0 saturated carbocycles. The van der Waals surface area contributed by atoms with Crippen molar-refractivity contribution in [2.75, 3.05) is 46.3 Å². The molecule has 0 spiro atoms. The van der Waals surface area contributed by atoms with Gasteiger partial charge in [0.15, 0.2) is 0 Å². The van der Waals surface area contributed by atoms with Gasteiger partial charge < -0.3 is 16.0 Å². The molecule has 1 amide bonds. The fraction of sp³-hybridized carbons (Fsp3) is 0.917. The minimum atomic E-state index is -0.252. The quantitative estimate of drug-likeness (QED) is 0.649. The molecule has 0 aliphatic carbocycles. The van der Waals surface area contributed by atoms with Crippen LogP contribution < -0.4 is 11.1 Å². The van der Waals surface area contributed by atoms with E-state index in [0.717, 1.165) is 39.3 Å². The number of rotatable bonds is 6. The van der Waals surface area contributed by atoms with Crippen LogP contribution in [0, 0.1) is 5.92 Å². The number of carbonyl (C=O) groups is 1. The second kappa shape index (κ2) is 6.93. The van der Waals surface area contributed by atoms with Crippen molar-refractivity contribution in [3.05, 3.63) is 0 Å². The van der Waals surface area contributed by atoms with Crippen molar-refractivity contribution in [1.82, 2.24) is 15.1 Å². The molecule has 0 radical (unpaired) electrons. The Morgan fingerprint density at radius 1 is 1.29 bits per heavy atom. The van der Waals surface area contributed by atoms with Gasteiger partial charge in [-0.25, -0.2) is 0 Å². The molecule has 1 rings (SSSR count). The molecule has 3 N–H and O–H groups in total. The van der Waals surface area contributed by atoms with Crippen molar-refractivity contribution in [3.8, 4) is 0 Å². The molecule has 0 aromatic carbocycles. The molecule has 5 heteroatoms. The highest BCUT2D eigenvalue weighted by Crippen LogP contribution is 2.01. The Morgan fingerprint density at radius 3 is 2.35 bits per heavy atom. The van der Waals surface area contributed by atoms with Crippen LogP contribution in [0.4, 0.5) is 0 Å². The fourth-order valence-corrected chi connectivity index (χ4v) is 2.11. The third-order valence-corrected chi connectivity index (χ3v) is 3.36. The predicted molar refractivity (Wildman–Crippen MR) is 69.8 cm³/mol. The molecule has 1 heterocycles. The van der Waals surface area contributed by atoms with Gasteiger partial charge in [-0.2, -0.15) is 0 Å². The van der Waals surface area contributed by atoms with Crippen LogP contribution in [-0.2, 0) is 4.79 Å². The van der Waals surface area contributed by atoms with E-state index in [0.29, 0.717) is 0 Å². The topological polar surface area (TPSA) is 61.6 Å². The summed E-state index contributed by atoms with van der Waals surface area (Å²) in [6.07, 6.45) is 0. The number of piperazine rings is 1. The van der Waals surface area contributed by atoms with Gasteiger partial charge in [0.2, 0.25) is 5.91 Å². The van der Waals surface area contributed by atoms with Crippen molar-refractivity contribution in [2.45, 2.75) is 19.9 Å². The van der Waals surface area contributed by atoms with Gasteiger partial charge in [0, 0.05) is 39.3 Å². The van der Waals surface area contributed by atoms with E-state index in [2.05, 4.69) is 22.2 Å². The number of hydrogen-bond acceptors (Lipinski definition) is 4. The summed E-state index contributed by atoms with van der Waals surface area (Å²) in [5, 5.41) is 3.25. The maximum Gasteiger partial charge on any atom is 0.234 e. The molecule has 100 valence electrons. The second-order valence-corrected chi connectivity index (χ2v) is 5.22. The molecule has 0 aromatic heterocycles. The fourth-order valence-electron chi connectivity index (χ4n) is 2.11. The van der Waals surface area contributed by atoms with Crippen molar-refractivity contribution in [1.29, 1.82) is 0 Å². The van der Waals surface area contributed by atoms with E-state index in [-0.39, 0.29) is 17.9 Å². The number of nitrogens with zero attached hydrogens (tertiary/aromatic N) is 2. The molecular formula is C12H26N4O. The summed E-state index contributed by atoms with van der Waals surface area (Å²) in [5.74, 6) is -0.00151. The first-order valence-corrected chi connectivity index (χ1v) is 6.44. The van der Waals surface area contributed by atoms with Crippen LogP contribution in [0.5, 0.6) is 0 Å². The third kappa shape index (κ3) is 5.02. The van der Waals surface area contributed by atoms with Crippen LogP contribution in [0.3, 0.4) is 0 Å². The maximum absolute atomic E-state index is 11.2. The van der Waals surface area contributed by atoms with Crippen molar-refractivity contribution >= 4 is 5.91 Å². The van der Waals surface area contributed by atoms with E-state index >= 15 is 0 Å². The summed E-state index contributed by atoms with van der Waals surface area (Å²) < 4.78 is 0. The Hall–Kier alpha value is -0.650. The Kier molecular flexibility index (Phi) is 5.88. The molecule has 1 atom stereocenters. The molecule has 5 nitrogen and oxygen atoms in total. The van der Waals surface area contributed by atoms with Crippen molar-refractivity contribution < 1.29 is 4.79 Å². The first kappa shape index (κ1) is 14.4. The molecule has 17 heavy (non-hydrogen) atoms. The minimum absolute atomic E-state index is 0.206. The number of nitrogens with one attached hydrogen (secondary N) is 1. The number of likely N-dealkylation sites (N-methyl/N-ethyl adjacent to an activating group) is 1. The Labute approximate surface area is 104 Å². The Bertz CT molecular complexity index is 237. The molecule has 1 aliphatic heterocycles. The zero-order valence-corrected chi connectivity index (χ0v) is 11.3. The van der Waals surface area contributed by atoms with Gasteiger partial charge in [-0.1, -0.05) is 13.8 Å². The second-order valence-electron chi connectivity index (χ2n) is 5.22. The van der Waals surface area contributed by atoms with E-state index in [4.69, 9.17) is 5.73 Å². The van der Waals surface area contributed by atoms with Crippen LogP contribution in [0.1, 0.15) is 13.8 Å². The van der Waals surface area contributed by atoms with Crippen LogP contribution in [0.2, 0.25) is 0 Å². The number of nitrogens with two attached hydrogens (primary N) is 1. The molecule has 0 bridgehead atoms. The average molecular weight is 242 g/mol. The van der Waals surface area contributed by atoms with E-state index in [1.807, 2.05) is 13.8 Å². The normalized spacial score (nSPS) is 20.7. The van der Waals surface area contributed by atoms with E-state index < -0.39 is 0 Å². The highest BCUT2D eigenvalue weighted by Gasteiger charge is 2.19. The lowest BCUT2D eigenvalue weighted by Crippen LogP contribution is -2.50. The van der Waals surface area contributed by atoms with Gasteiger partial charge in [0.05, 0.1) is 6.04 Å². The summed E-state index contributed by atoms with van der Waals surface area (Å²) in [5.41, 5.74) is 5.35. The maximum atomic E-state index is 11.2. The summed E-state index contributed by atoms with van der Waals surface area (Å²) in [7, 11) is 2.15. The SMILES string of the molecule is CC(C)C(NCCN1CCN(C)CC1)C(N)=O. The minimum Gasteiger partial charge on any atom is -0.368 e. The molecule has 1 fully saturated rings. The Morgan fingerprint density at radius 2 is 1.88 bits per heavy atom. The first-order valence-electron chi connectivity index (χ1n) is 6.44. The first-order chi connectivity index (χ1) is 8.00. The number of carbonyl (C=O) groups excluding carboxylic acids is 1. The lowest BCUT2D eigenvalue weighted by Gasteiger charge is -2.32. The highest BCUT2D eigenvalue weighted by molar-refractivity contribution is 5.80. The zero-order chi connectivity index (χ0) is 12.8. The van der Waals surface area contributed by atoms with E-state index in [1.165, 1.54) is 0 Å². The lowest BCUT2D eigenvalue weighted by atomic mass is 10.0. The van der Waals surface area contributed by atoms with Gasteiger partial charge in [-0.3, -0.25) is 9.69 Å². The van der Waals surface area contributed by atoms with Gasteiger partial charge >= 0.3 is 0 Å². The van der Waals surface area contributed by atoms with E-state index in [9.17, 15) is 4.79 Å². The van der Waals surface area contributed by atoms with Gasteiger partial charge in [-0.05, 0) is 13.0 Å². The lowest BCUT2D eigenvalue weighted by molar-refractivity contribution is -0.121. The van der Waals surface area contributed by atoms with Crippen LogP contribution >= 0.6 is 0 Å². The predicted octanol–water partition coefficient (Wildman–Crippen LogP) is -0.667. The molecule has 0 aromatic rings. The molecule has 1 saturated heterocycles. The summed E-state index contributed by atoms with van der Waals surface area (Å²) in [6.45, 7) is 10.3. The third-order valence-electron chi connectivity index (χ3n) is 3.36. The van der Waals surface area contributed by atoms with Crippen LogP contribution in [-0.4, -0.2) is 68.1 Å². The van der Waals surface area contributed by atoms with Gasteiger partial charge in [0.25, 0.3) is 0 Å². The number of hydrogen-bond donors (Lipinski definition) is 2. The zero-order valence-electron chi connectivity index (χ0n) is 11.3. The monoisotopic (exact) mass is 242 g/mol. The highest BCUT2D eigenvalue weighted by atomic mass is 16.1. The van der Waals surface area contributed by atoms with Crippen LogP contribution in [0.15, 0.2) is 0 Å². The van der Waals surface area contributed by atoms with Gasteiger partial charge in [-0.15, -0.1) is 0 Å². The smallest absolute Gasteiger partial charge is 0.234 e. The molecule has 1 aliphatic rings. The molecule has 1 unspecified atom stereocenters. The largest absolute Gasteiger partial charge is 0.368 e. The number of amides is 1. The van der Waals surface area contributed by atoms with Gasteiger partial charge in [0.1, 0.15) is 0 Å². The average Bonchev–Trinajstić information content (AvgIpc) is 2.25. The van der Waals surface area contributed by atoms with Crippen molar-refractivity contribution in [2.24, 2.45) is 11.7 Å².